The molecule has 0 aliphatic rings. The number of carbonyl (C=O) groups excluding carboxylic acids is 1. The molecule has 19 heavy (non-hydrogen) atoms. The maximum atomic E-state index is 12.0. The summed E-state index contributed by atoms with van der Waals surface area (Å²) in [5, 5.41) is 17.0. The van der Waals surface area contributed by atoms with Crippen LogP contribution in [-0.2, 0) is 0 Å². The van der Waals surface area contributed by atoms with Gasteiger partial charge in [-0.15, -0.1) is 21.5 Å². The van der Waals surface area contributed by atoms with Crippen LogP contribution in [0.15, 0.2) is 17.5 Å². The third-order valence-electron chi connectivity index (χ3n) is 2.46. The van der Waals surface area contributed by atoms with Crippen LogP contribution < -0.4 is 10.6 Å². The first-order valence-electron chi connectivity index (χ1n) is 6.12. The average molecular weight is 296 g/mol. The molecule has 2 aromatic rings. The Morgan fingerprint density at radius 2 is 2.32 bits per heavy atom. The number of rotatable bonds is 6. The molecule has 0 aliphatic carbocycles. The molecule has 102 valence electrons. The van der Waals surface area contributed by atoms with Crippen LogP contribution in [0.1, 0.15) is 41.0 Å². The maximum absolute atomic E-state index is 12.0. The van der Waals surface area contributed by atoms with Gasteiger partial charge in [0.2, 0.25) is 10.1 Å². The predicted octanol–water partition coefficient (Wildman–Crippen LogP) is 2.91. The molecular formula is C12H16N4OS2. The van der Waals surface area contributed by atoms with Crippen LogP contribution in [0, 0.1) is 0 Å². The number of nitrogens with zero attached hydrogens (tertiary/aromatic N) is 2. The van der Waals surface area contributed by atoms with Crippen LogP contribution >= 0.6 is 22.7 Å². The monoisotopic (exact) mass is 296 g/mol. The third-order valence-corrected chi connectivity index (χ3v) is 4.40. The minimum absolute atomic E-state index is 0.0107. The van der Waals surface area contributed by atoms with Gasteiger partial charge in [0.1, 0.15) is 0 Å². The van der Waals surface area contributed by atoms with E-state index in [0.717, 1.165) is 17.8 Å². The highest BCUT2D eigenvalue weighted by molar-refractivity contribution is 7.17. The molecule has 0 radical (unpaired) electrons. The van der Waals surface area contributed by atoms with E-state index in [1.807, 2.05) is 24.4 Å². The summed E-state index contributed by atoms with van der Waals surface area (Å²) in [6.07, 6.45) is 1.01. The molecule has 2 aromatic heterocycles. The van der Waals surface area contributed by atoms with Gasteiger partial charge < -0.3 is 10.6 Å². The zero-order chi connectivity index (χ0) is 13.7. The van der Waals surface area contributed by atoms with Crippen molar-refractivity contribution in [2.24, 2.45) is 0 Å². The van der Waals surface area contributed by atoms with E-state index in [1.54, 1.807) is 11.3 Å². The Hall–Kier alpha value is -1.47. The number of carbonyl (C=O) groups is 1. The minimum Gasteiger partial charge on any atom is -0.360 e. The first-order chi connectivity index (χ1) is 9.20. The minimum atomic E-state index is -0.178. The van der Waals surface area contributed by atoms with E-state index in [-0.39, 0.29) is 11.9 Å². The SMILES string of the molecule is CCCNc1nnc(C(=O)NC(C)c2cccs2)s1. The van der Waals surface area contributed by atoms with Crippen LogP contribution in [0.4, 0.5) is 5.13 Å². The summed E-state index contributed by atoms with van der Waals surface area (Å²) in [5.41, 5.74) is 0. The lowest BCUT2D eigenvalue weighted by Crippen LogP contribution is -2.25. The molecule has 0 aliphatic heterocycles. The maximum Gasteiger partial charge on any atom is 0.282 e. The fourth-order valence-corrected chi connectivity index (χ4v) is 2.89. The fourth-order valence-electron chi connectivity index (χ4n) is 1.49. The van der Waals surface area contributed by atoms with Gasteiger partial charge in [-0.1, -0.05) is 24.3 Å². The van der Waals surface area contributed by atoms with Gasteiger partial charge >= 0.3 is 0 Å². The van der Waals surface area contributed by atoms with Gasteiger partial charge in [-0.3, -0.25) is 4.79 Å². The van der Waals surface area contributed by atoms with Crippen molar-refractivity contribution in [2.75, 3.05) is 11.9 Å². The smallest absolute Gasteiger partial charge is 0.282 e. The zero-order valence-electron chi connectivity index (χ0n) is 10.8. The second-order valence-corrected chi connectivity index (χ2v) is 6.01. The lowest BCUT2D eigenvalue weighted by Gasteiger charge is -2.10. The Balaban J connectivity index is 1.94. The Morgan fingerprint density at radius 1 is 1.47 bits per heavy atom. The van der Waals surface area contributed by atoms with Crippen molar-refractivity contribution in [2.45, 2.75) is 26.3 Å². The number of nitrogens with one attached hydrogen (secondary N) is 2. The molecule has 2 N–H and O–H groups in total. The molecule has 0 aromatic carbocycles. The van der Waals surface area contributed by atoms with Crippen molar-refractivity contribution in [1.82, 2.24) is 15.5 Å². The summed E-state index contributed by atoms with van der Waals surface area (Å²) in [6.45, 7) is 4.87. The van der Waals surface area contributed by atoms with Crippen LogP contribution in [0.25, 0.3) is 0 Å². The van der Waals surface area contributed by atoms with E-state index in [2.05, 4.69) is 27.8 Å². The van der Waals surface area contributed by atoms with Crippen molar-refractivity contribution in [3.8, 4) is 0 Å². The zero-order valence-corrected chi connectivity index (χ0v) is 12.5. The third kappa shape index (κ3) is 3.74. The molecule has 0 saturated carbocycles. The van der Waals surface area contributed by atoms with Gasteiger partial charge in [0.25, 0.3) is 5.91 Å². The molecule has 2 rings (SSSR count). The fraction of sp³-hybridized carbons (Fsp3) is 0.417. The number of aromatic nitrogens is 2. The number of anilines is 1. The molecule has 1 atom stereocenters. The van der Waals surface area contributed by atoms with Crippen molar-refractivity contribution < 1.29 is 4.79 Å². The highest BCUT2D eigenvalue weighted by Crippen LogP contribution is 2.20. The summed E-state index contributed by atoms with van der Waals surface area (Å²) in [5.74, 6) is -0.178. The molecule has 0 saturated heterocycles. The first kappa shape index (κ1) is 14.0. The molecule has 1 unspecified atom stereocenters. The molecule has 2 heterocycles. The Bertz CT molecular complexity index is 524. The number of thiophene rings is 1. The van der Waals surface area contributed by atoms with E-state index in [9.17, 15) is 4.79 Å². The highest BCUT2D eigenvalue weighted by atomic mass is 32.1. The summed E-state index contributed by atoms with van der Waals surface area (Å²) in [7, 11) is 0. The Morgan fingerprint density at radius 3 is 3.00 bits per heavy atom. The topological polar surface area (TPSA) is 66.9 Å². The van der Waals surface area contributed by atoms with Crippen LogP contribution in [0.5, 0.6) is 0 Å². The van der Waals surface area contributed by atoms with Crippen molar-refractivity contribution in [3.63, 3.8) is 0 Å². The standard InChI is InChI=1S/C12H16N4OS2/c1-3-6-13-12-16-15-11(19-12)10(17)14-8(2)9-5-4-7-18-9/h4-5,7-8H,3,6H2,1-2H3,(H,13,16)(H,14,17). The molecule has 0 spiro atoms. The first-order valence-corrected chi connectivity index (χ1v) is 7.82. The van der Waals surface area contributed by atoms with E-state index in [4.69, 9.17) is 0 Å². The van der Waals surface area contributed by atoms with E-state index >= 15 is 0 Å². The number of amides is 1. The number of hydrogen-bond donors (Lipinski definition) is 2. The summed E-state index contributed by atoms with van der Waals surface area (Å²) >= 11 is 2.90. The Labute approximate surface area is 120 Å². The van der Waals surface area contributed by atoms with Gasteiger partial charge in [0.15, 0.2) is 0 Å². The van der Waals surface area contributed by atoms with Crippen LogP contribution in [-0.4, -0.2) is 22.6 Å². The number of hydrogen-bond acceptors (Lipinski definition) is 6. The van der Waals surface area contributed by atoms with Crippen LogP contribution in [0.3, 0.4) is 0 Å². The summed E-state index contributed by atoms with van der Waals surface area (Å²) in [4.78, 5) is 13.1. The van der Waals surface area contributed by atoms with Gasteiger partial charge in [-0.05, 0) is 24.8 Å². The molecule has 0 bridgehead atoms. The normalized spacial score (nSPS) is 12.1. The van der Waals surface area contributed by atoms with Gasteiger partial charge in [-0.2, -0.15) is 0 Å². The van der Waals surface area contributed by atoms with E-state index < -0.39 is 0 Å². The highest BCUT2D eigenvalue weighted by Gasteiger charge is 2.16. The van der Waals surface area contributed by atoms with E-state index in [1.165, 1.54) is 11.3 Å². The van der Waals surface area contributed by atoms with Gasteiger partial charge in [0, 0.05) is 11.4 Å². The van der Waals surface area contributed by atoms with Gasteiger partial charge in [-0.25, -0.2) is 0 Å². The second-order valence-electron chi connectivity index (χ2n) is 4.05. The lowest BCUT2D eigenvalue weighted by molar-refractivity contribution is 0.0939. The Kier molecular flexibility index (Phi) is 4.86. The molecular weight excluding hydrogens is 280 g/mol. The van der Waals surface area contributed by atoms with Crippen molar-refractivity contribution in [3.05, 3.63) is 27.4 Å². The van der Waals surface area contributed by atoms with Crippen molar-refractivity contribution in [1.29, 1.82) is 0 Å². The van der Waals surface area contributed by atoms with Crippen molar-refractivity contribution >= 4 is 33.7 Å². The molecule has 5 nitrogen and oxygen atoms in total. The molecule has 0 fully saturated rings. The summed E-state index contributed by atoms with van der Waals surface area (Å²) < 4.78 is 0. The molecule has 1 amide bonds. The second kappa shape index (κ2) is 6.63. The lowest BCUT2D eigenvalue weighted by atomic mass is 10.3. The average Bonchev–Trinajstić information content (AvgIpc) is 3.07. The van der Waals surface area contributed by atoms with E-state index in [0.29, 0.717) is 10.1 Å². The van der Waals surface area contributed by atoms with Crippen LogP contribution in [0.2, 0.25) is 0 Å². The quantitative estimate of drug-likeness (QED) is 0.860. The molecule has 7 heteroatoms. The van der Waals surface area contributed by atoms with Gasteiger partial charge in [0.05, 0.1) is 6.04 Å². The predicted molar refractivity (Wildman–Crippen MR) is 78.9 cm³/mol. The largest absolute Gasteiger partial charge is 0.360 e. The summed E-state index contributed by atoms with van der Waals surface area (Å²) in [6, 6.07) is 3.97.